The molecule has 3 rings (SSSR count). The van der Waals surface area contributed by atoms with Gasteiger partial charge in [-0.15, -0.1) is 0 Å². The molecular weight excluding hydrogens is 605 g/mol. The van der Waals surface area contributed by atoms with E-state index in [0.717, 1.165) is 16.8 Å². The number of ether oxygens (including phenoxy) is 2. The van der Waals surface area contributed by atoms with Gasteiger partial charge in [-0.1, -0.05) is 29.3 Å². The summed E-state index contributed by atoms with van der Waals surface area (Å²) in [5.41, 5.74) is 3.79. The van der Waals surface area contributed by atoms with E-state index in [2.05, 4.69) is 33.2 Å². The lowest BCUT2D eigenvalue weighted by Gasteiger charge is -2.15. The van der Waals surface area contributed by atoms with Gasteiger partial charge in [0, 0.05) is 16.4 Å². The average Bonchev–Trinajstić information content (AvgIpc) is 2.85. The molecule has 0 fully saturated rings. The quantitative estimate of drug-likeness (QED) is 0.159. The fourth-order valence-electron chi connectivity index (χ4n) is 3.40. The highest BCUT2D eigenvalue weighted by Crippen LogP contribution is 2.35. The lowest BCUT2D eigenvalue weighted by molar-refractivity contribution is -0.118. The SMILES string of the molecule is CCOc1cc(/C=C(/C#N)C(=O)Nc2ccc(Cl)cc2)cc(I)c1OCC(=O)Nc1ccc(C)cc1C. The molecule has 2 N–H and O–H groups in total. The molecule has 0 saturated heterocycles. The number of aryl methyl sites for hydroxylation is 2. The van der Waals surface area contributed by atoms with Gasteiger partial charge in [0.05, 0.1) is 10.2 Å². The lowest BCUT2D eigenvalue weighted by Crippen LogP contribution is -2.21. The predicted octanol–water partition coefficient (Wildman–Crippen LogP) is 6.52. The molecule has 7 nitrogen and oxygen atoms in total. The molecule has 37 heavy (non-hydrogen) atoms. The molecule has 3 aromatic carbocycles. The van der Waals surface area contributed by atoms with E-state index in [4.69, 9.17) is 21.1 Å². The van der Waals surface area contributed by atoms with Crippen molar-refractivity contribution in [2.24, 2.45) is 0 Å². The van der Waals surface area contributed by atoms with Crippen molar-refractivity contribution in [1.82, 2.24) is 0 Å². The third-order valence-electron chi connectivity index (χ3n) is 5.11. The number of anilines is 2. The Labute approximate surface area is 234 Å². The molecule has 0 spiro atoms. The highest BCUT2D eigenvalue weighted by molar-refractivity contribution is 14.1. The van der Waals surface area contributed by atoms with Crippen LogP contribution in [0.4, 0.5) is 11.4 Å². The van der Waals surface area contributed by atoms with Crippen LogP contribution in [0.3, 0.4) is 0 Å². The Bertz CT molecular complexity index is 1380. The van der Waals surface area contributed by atoms with Crippen LogP contribution in [0.2, 0.25) is 5.02 Å². The number of nitrogens with zero attached hydrogens (tertiary/aromatic N) is 1. The Kier molecular flexibility index (Phi) is 9.94. The van der Waals surface area contributed by atoms with Crippen LogP contribution in [0.1, 0.15) is 23.6 Å². The number of hydrogen-bond acceptors (Lipinski definition) is 5. The number of hydrogen-bond donors (Lipinski definition) is 2. The lowest BCUT2D eigenvalue weighted by atomic mass is 10.1. The Hall–Kier alpha value is -3.55. The summed E-state index contributed by atoms with van der Waals surface area (Å²) < 4.78 is 12.2. The first-order valence-electron chi connectivity index (χ1n) is 11.3. The Balaban J connectivity index is 1.77. The van der Waals surface area contributed by atoms with Crippen molar-refractivity contribution in [3.05, 3.63) is 85.5 Å². The van der Waals surface area contributed by atoms with Crippen LogP contribution >= 0.6 is 34.2 Å². The maximum absolute atomic E-state index is 12.6. The maximum atomic E-state index is 12.6. The van der Waals surface area contributed by atoms with Crippen LogP contribution in [0.25, 0.3) is 6.08 Å². The fraction of sp³-hybridized carbons (Fsp3) is 0.179. The third-order valence-corrected chi connectivity index (χ3v) is 6.17. The van der Waals surface area contributed by atoms with E-state index in [1.165, 1.54) is 6.08 Å². The molecule has 9 heteroatoms. The smallest absolute Gasteiger partial charge is 0.266 e. The summed E-state index contributed by atoms with van der Waals surface area (Å²) >= 11 is 7.95. The van der Waals surface area contributed by atoms with Crippen LogP contribution in [0, 0.1) is 28.7 Å². The topological polar surface area (TPSA) is 100 Å². The average molecular weight is 630 g/mol. The van der Waals surface area contributed by atoms with Crippen molar-refractivity contribution in [1.29, 1.82) is 5.26 Å². The van der Waals surface area contributed by atoms with E-state index in [1.54, 1.807) is 36.4 Å². The summed E-state index contributed by atoms with van der Waals surface area (Å²) in [6, 6.07) is 17.7. The minimum absolute atomic E-state index is 0.0882. The summed E-state index contributed by atoms with van der Waals surface area (Å²) in [5, 5.41) is 15.6. The number of carbonyl (C=O) groups is 2. The molecular formula is C28H25ClIN3O4. The number of rotatable bonds is 9. The second kappa shape index (κ2) is 13.1. The first-order chi connectivity index (χ1) is 17.7. The zero-order valence-corrected chi connectivity index (χ0v) is 23.4. The molecule has 0 heterocycles. The van der Waals surface area contributed by atoms with Crippen molar-refractivity contribution in [2.75, 3.05) is 23.8 Å². The van der Waals surface area contributed by atoms with Crippen molar-refractivity contribution >= 4 is 63.5 Å². The minimum atomic E-state index is -0.554. The standard InChI is InChI=1S/C28H25ClIN3O4/c1-4-36-25-14-19(12-20(15-31)28(35)32-22-8-6-21(29)7-9-22)13-23(30)27(25)37-16-26(34)33-24-10-5-17(2)11-18(24)3/h5-14H,4,16H2,1-3H3,(H,32,35)(H,33,34)/b20-12-. The second-order valence-corrected chi connectivity index (χ2v) is 9.65. The van der Waals surface area contributed by atoms with E-state index >= 15 is 0 Å². The molecule has 190 valence electrons. The molecule has 0 aromatic heterocycles. The molecule has 0 radical (unpaired) electrons. The number of nitriles is 1. The second-order valence-electron chi connectivity index (χ2n) is 8.05. The monoisotopic (exact) mass is 629 g/mol. The number of nitrogens with one attached hydrogen (secondary N) is 2. The van der Waals surface area contributed by atoms with Crippen LogP contribution in [-0.2, 0) is 9.59 Å². The summed E-state index contributed by atoms with van der Waals surface area (Å²) in [6.45, 7) is 5.88. The van der Waals surface area contributed by atoms with Gasteiger partial charge in [-0.05, 0) is 103 Å². The first-order valence-corrected chi connectivity index (χ1v) is 12.8. The zero-order valence-electron chi connectivity index (χ0n) is 20.5. The van der Waals surface area contributed by atoms with Crippen LogP contribution < -0.4 is 20.1 Å². The van der Waals surface area contributed by atoms with Crippen molar-refractivity contribution in [3.8, 4) is 17.6 Å². The largest absolute Gasteiger partial charge is 0.490 e. The van der Waals surface area contributed by atoms with Crippen molar-refractivity contribution in [3.63, 3.8) is 0 Å². The highest BCUT2D eigenvalue weighted by Gasteiger charge is 2.16. The number of carbonyl (C=O) groups excluding carboxylic acids is 2. The number of amides is 2. The maximum Gasteiger partial charge on any atom is 0.266 e. The van der Waals surface area contributed by atoms with E-state index in [1.807, 2.05) is 45.0 Å². The third kappa shape index (κ3) is 7.97. The zero-order chi connectivity index (χ0) is 26.9. The van der Waals surface area contributed by atoms with Gasteiger partial charge in [-0.25, -0.2) is 0 Å². The van der Waals surface area contributed by atoms with E-state index < -0.39 is 5.91 Å². The summed E-state index contributed by atoms with van der Waals surface area (Å²) in [7, 11) is 0. The normalized spacial score (nSPS) is 10.9. The van der Waals surface area contributed by atoms with E-state index in [0.29, 0.717) is 37.9 Å². The summed E-state index contributed by atoms with van der Waals surface area (Å²) in [6.07, 6.45) is 1.46. The van der Waals surface area contributed by atoms with Gasteiger partial charge in [-0.2, -0.15) is 5.26 Å². The molecule has 0 atom stereocenters. The molecule has 0 aliphatic heterocycles. The summed E-state index contributed by atoms with van der Waals surface area (Å²) in [4.78, 5) is 25.1. The van der Waals surface area contributed by atoms with Gasteiger partial charge in [0.15, 0.2) is 18.1 Å². The molecule has 2 amide bonds. The minimum Gasteiger partial charge on any atom is -0.490 e. The molecule has 0 unspecified atom stereocenters. The van der Waals surface area contributed by atoms with Gasteiger partial charge < -0.3 is 20.1 Å². The Morgan fingerprint density at radius 1 is 1.05 bits per heavy atom. The van der Waals surface area contributed by atoms with Crippen molar-refractivity contribution < 1.29 is 19.1 Å². The van der Waals surface area contributed by atoms with Gasteiger partial charge >= 0.3 is 0 Å². The van der Waals surface area contributed by atoms with E-state index in [-0.39, 0.29) is 18.1 Å². The molecule has 3 aromatic rings. The van der Waals surface area contributed by atoms with Gasteiger partial charge in [0.2, 0.25) is 0 Å². The molecule has 0 bridgehead atoms. The number of benzene rings is 3. The van der Waals surface area contributed by atoms with Gasteiger partial charge in [0.25, 0.3) is 11.8 Å². The van der Waals surface area contributed by atoms with Crippen LogP contribution in [0.15, 0.2) is 60.2 Å². The molecule has 0 saturated carbocycles. The molecule has 0 aliphatic carbocycles. The number of halogens is 2. The van der Waals surface area contributed by atoms with Gasteiger partial charge in [-0.3, -0.25) is 9.59 Å². The van der Waals surface area contributed by atoms with E-state index in [9.17, 15) is 14.9 Å². The van der Waals surface area contributed by atoms with Crippen LogP contribution in [-0.4, -0.2) is 25.0 Å². The fourth-order valence-corrected chi connectivity index (χ4v) is 4.31. The van der Waals surface area contributed by atoms with Crippen LogP contribution in [0.5, 0.6) is 11.5 Å². The Morgan fingerprint density at radius 3 is 2.43 bits per heavy atom. The Morgan fingerprint density at radius 2 is 1.78 bits per heavy atom. The van der Waals surface area contributed by atoms with Crippen molar-refractivity contribution in [2.45, 2.75) is 20.8 Å². The first kappa shape index (κ1) is 28.0. The highest BCUT2D eigenvalue weighted by atomic mass is 127. The summed E-state index contributed by atoms with van der Waals surface area (Å²) in [5.74, 6) is -0.0594. The molecule has 0 aliphatic rings. The predicted molar refractivity (Wildman–Crippen MR) is 154 cm³/mol. The van der Waals surface area contributed by atoms with Gasteiger partial charge in [0.1, 0.15) is 11.6 Å².